The second-order valence-corrected chi connectivity index (χ2v) is 5.87. The van der Waals surface area contributed by atoms with Gasteiger partial charge in [-0.1, -0.05) is 17.5 Å². The normalized spacial score (nSPS) is 28.9. The molecule has 0 radical (unpaired) electrons. The molecule has 1 saturated carbocycles. The van der Waals surface area contributed by atoms with Crippen LogP contribution >= 0.6 is 23.2 Å². The Morgan fingerprint density at radius 3 is 2.86 bits per heavy atom. The summed E-state index contributed by atoms with van der Waals surface area (Å²) in [5, 5.41) is 19.9. The summed E-state index contributed by atoms with van der Waals surface area (Å²) in [6.45, 7) is -0.274. The van der Waals surface area contributed by atoms with Crippen LogP contribution in [0.15, 0.2) is 6.33 Å². The van der Waals surface area contributed by atoms with Crippen molar-refractivity contribution in [2.24, 2.45) is 5.41 Å². The van der Waals surface area contributed by atoms with Crippen LogP contribution in [-0.2, 0) is 0 Å². The fourth-order valence-electron chi connectivity index (χ4n) is 2.83. The lowest BCUT2D eigenvalue weighted by atomic mass is 9.86. The average molecular weight is 327 g/mol. The van der Waals surface area contributed by atoms with E-state index >= 15 is 0 Å². The van der Waals surface area contributed by atoms with Gasteiger partial charge in [-0.05, 0) is 24.4 Å². The number of fused-ring (bicyclic) bond motifs is 1. The fraction of sp³-hybridized carbons (Fsp3) is 0.462. The van der Waals surface area contributed by atoms with Gasteiger partial charge in [0.05, 0.1) is 24.5 Å². The molecule has 0 aliphatic heterocycles. The van der Waals surface area contributed by atoms with Crippen molar-refractivity contribution in [2.75, 3.05) is 6.61 Å². The summed E-state index contributed by atoms with van der Waals surface area (Å²) in [4.78, 5) is 12.2. The van der Waals surface area contributed by atoms with E-state index in [9.17, 15) is 10.2 Å². The summed E-state index contributed by atoms with van der Waals surface area (Å²) in [6, 6.07) is -0.143. The van der Waals surface area contributed by atoms with Crippen LogP contribution in [0.5, 0.6) is 0 Å². The summed E-state index contributed by atoms with van der Waals surface area (Å²) in [6.07, 6.45) is 7.09. The van der Waals surface area contributed by atoms with Crippen LogP contribution in [0.4, 0.5) is 0 Å². The lowest BCUT2D eigenvalue weighted by Gasteiger charge is -2.23. The molecular weight excluding hydrogens is 315 g/mol. The van der Waals surface area contributed by atoms with E-state index in [0.29, 0.717) is 24.0 Å². The molecule has 2 heterocycles. The van der Waals surface area contributed by atoms with E-state index in [1.165, 1.54) is 0 Å². The van der Waals surface area contributed by atoms with Crippen molar-refractivity contribution in [1.82, 2.24) is 19.5 Å². The van der Waals surface area contributed by atoms with E-state index in [0.717, 1.165) is 0 Å². The lowest BCUT2D eigenvalue weighted by molar-refractivity contribution is 0.0475. The molecule has 0 unspecified atom stereocenters. The Bertz CT molecular complexity index is 742. The molecule has 2 aromatic rings. The van der Waals surface area contributed by atoms with Gasteiger partial charge < -0.3 is 14.8 Å². The quantitative estimate of drug-likeness (QED) is 0.495. The number of nitrogens with zero attached hydrogens (tertiary/aromatic N) is 4. The molecule has 0 saturated heterocycles. The summed E-state index contributed by atoms with van der Waals surface area (Å²) >= 11 is 11.8. The van der Waals surface area contributed by atoms with Crippen LogP contribution in [0.25, 0.3) is 11.2 Å². The molecule has 3 rings (SSSR count). The highest BCUT2D eigenvalue weighted by atomic mass is 35.5. The van der Waals surface area contributed by atoms with E-state index in [1.807, 2.05) is 0 Å². The monoisotopic (exact) mass is 326 g/mol. The first-order chi connectivity index (χ1) is 10.0. The van der Waals surface area contributed by atoms with Gasteiger partial charge in [0, 0.05) is 6.04 Å². The van der Waals surface area contributed by atoms with Crippen molar-refractivity contribution in [2.45, 2.75) is 25.0 Å². The number of rotatable bonds is 2. The topological polar surface area (TPSA) is 84.1 Å². The maximum Gasteiger partial charge on any atom is 0.225 e. The first-order valence-electron chi connectivity index (χ1n) is 6.33. The SMILES string of the molecule is C#C[C@@]1(CO)C[C@H](n2cnc3c(Cl)nc(Cl)nc32)C[C@H]1O. The number of aliphatic hydroxyl groups is 2. The Kier molecular flexibility index (Phi) is 3.54. The number of imidazole rings is 1. The van der Waals surface area contributed by atoms with Crippen molar-refractivity contribution in [3.63, 3.8) is 0 Å². The van der Waals surface area contributed by atoms with Gasteiger partial charge in [0.1, 0.15) is 5.52 Å². The van der Waals surface area contributed by atoms with Crippen LogP contribution in [0, 0.1) is 17.8 Å². The number of hydrogen-bond acceptors (Lipinski definition) is 5. The molecule has 21 heavy (non-hydrogen) atoms. The van der Waals surface area contributed by atoms with Crippen molar-refractivity contribution in [3.8, 4) is 12.3 Å². The molecule has 2 aromatic heterocycles. The first kappa shape index (κ1) is 14.5. The van der Waals surface area contributed by atoms with Crippen LogP contribution in [-0.4, -0.2) is 42.4 Å². The maximum atomic E-state index is 10.2. The van der Waals surface area contributed by atoms with Crippen LogP contribution in [0.2, 0.25) is 10.4 Å². The molecule has 1 aliphatic carbocycles. The first-order valence-corrected chi connectivity index (χ1v) is 7.08. The third-order valence-electron chi connectivity index (χ3n) is 4.05. The summed E-state index contributed by atoms with van der Waals surface area (Å²) in [7, 11) is 0. The Morgan fingerprint density at radius 2 is 2.24 bits per heavy atom. The van der Waals surface area contributed by atoms with E-state index in [1.54, 1.807) is 10.9 Å². The Labute approximate surface area is 130 Å². The number of aliphatic hydroxyl groups excluding tert-OH is 2. The van der Waals surface area contributed by atoms with E-state index in [4.69, 9.17) is 29.6 Å². The Morgan fingerprint density at radius 1 is 1.48 bits per heavy atom. The van der Waals surface area contributed by atoms with Gasteiger partial charge in [-0.25, -0.2) is 9.97 Å². The smallest absolute Gasteiger partial charge is 0.225 e. The van der Waals surface area contributed by atoms with Gasteiger partial charge in [-0.2, -0.15) is 4.98 Å². The highest BCUT2D eigenvalue weighted by Gasteiger charge is 2.46. The zero-order valence-electron chi connectivity index (χ0n) is 10.9. The van der Waals surface area contributed by atoms with Crippen molar-refractivity contribution in [3.05, 3.63) is 16.8 Å². The number of halogens is 2. The standard InChI is InChI=1S/C13H12Cl2N4O2/c1-2-13(5-20)4-7(3-8(13)21)19-6-16-9-10(14)17-12(15)18-11(9)19/h1,6-8,20-21H,3-5H2/t7-,8-,13+/m1/s1. The van der Waals surface area contributed by atoms with Gasteiger partial charge in [-0.3, -0.25) is 0 Å². The zero-order valence-corrected chi connectivity index (χ0v) is 12.4. The molecule has 6 nitrogen and oxygen atoms in total. The van der Waals surface area contributed by atoms with E-state index in [2.05, 4.69) is 20.9 Å². The molecule has 0 amide bonds. The minimum absolute atomic E-state index is 0.0261. The molecule has 8 heteroatoms. The molecule has 2 N–H and O–H groups in total. The second kappa shape index (κ2) is 5.11. The molecule has 0 bridgehead atoms. The largest absolute Gasteiger partial charge is 0.395 e. The third kappa shape index (κ3) is 2.17. The van der Waals surface area contributed by atoms with Gasteiger partial charge >= 0.3 is 0 Å². The average Bonchev–Trinajstić information content (AvgIpc) is 3.00. The van der Waals surface area contributed by atoms with Gasteiger partial charge in [0.15, 0.2) is 10.8 Å². The van der Waals surface area contributed by atoms with Crippen molar-refractivity contribution in [1.29, 1.82) is 0 Å². The van der Waals surface area contributed by atoms with Gasteiger partial charge in [-0.15, -0.1) is 6.42 Å². The van der Waals surface area contributed by atoms with Crippen LogP contribution in [0.3, 0.4) is 0 Å². The number of hydrogen-bond donors (Lipinski definition) is 2. The molecule has 1 aliphatic rings. The highest BCUT2D eigenvalue weighted by molar-refractivity contribution is 6.35. The lowest BCUT2D eigenvalue weighted by Crippen LogP contribution is -2.31. The molecule has 0 spiro atoms. The van der Waals surface area contributed by atoms with Gasteiger partial charge in [0.25, 0.3) is 0 Å². The predicted molar refractivity (Wildman–Crippen MR) is 78.0 cm³/mol. The van der Waals surface area contributed by atoms with E-state index in [-0.39, 0.29) is 23.1 Å². The van der Waals surface area contributed by atoms with Crippen LogP contribution in [0.1, 0.15) is 18.9 Å². The molecule has 1 fully saturated rings. The molecule has 110 valence electrons. The molecular formula is C13H12Cl2N4O2. The number of aromatic nitrogens is 4. The molecule has 0 aromatic carbocycles. The fourth-order valence-corrected chi connectivity index (χ4v) is 3.25. The zero-order chi connectivity index (χ0) is 15.2. The minimum Gasteiger partial charge on any atom is -0.395 e. The Hall–Kier alpha value is -1.39. The predicted octanol–water partition coefficient (Wildman–Crippen LogP) is 1.44. The second-order valence-electron chi connectivity index (χ2n) is 5.18. The summed E-state index contributed by atoms with van der Waals surface area (Å²) in [5.41, 5.74) is -0.0114. The molecule has 3 atom stereocenters. The Balaban J connectivity index is 2.05. The van der Waals surface area contributed by atoms with E-state index < -0.39 is 11.5 Å². The van der Waals surface area contributed by atoms with Gasteiger partial charge in [0.2, 0.25) is 5.28 Å². The van der Waals surface area contributed by atoms with Crippen LogP contribution < -0.4 is 0 Å². The van der Waals surface area contributed by atoms with Crippen molar-refractivity contribution < 1.29 is 10.2 Å². The van der Waals surface area contributed by atoms with Crippen molar-refractivity contribution >= 4 is 34.4 Å². The summed E-state index contributed by atoms with van der Waals surface area (Å²) in [5.74, 6) is 2.52. The maximum absolute atomic E-state index is 10.2. The highest BCUT2D eigenvalue weighted by Crippen LogP contribution is 2.44. The third-order valence-corrected chi connectivity index (χ3v) is 4.48. The minimum atomic E-state index is -0.943. The number of terminal acetylenes is 1. The summed E-state index contributed by atoms with van der Waals surface area (Å²) < 4.78 is 1.77.